The van der Waals surface area contributed by atoms with Crippen LogP contribution in [0.3, 0.4) is 0 Å². The predicted octanol–water partition coefficient (Wildman–Crippen LogP) is 1.42. The summed E-state index contributed by atoms with van der Waals surface area (Å²) in [6.07, 6.45) is -0.212. The standard InChI is InChI=1S/C13H20NO4P/c1-9(14-7-12(15)8-19(2)18)10-4-3-5-11(6-10)13(16)17/h3-6,9,12,14-15,18H,7-8H2,1-2H3,(H,16,17). The van der Waals surface area contributed by atoms with Crippen molar-refractivity contribution in [2.75, 3.05) is 19.4 Å². The first-order valence-electron chi connectivity index (χ1n) is 6.05. The van der Waals surface area contributed by atoms with Crippen molar-refractivity contribution in [2.24, 2.45) is 0 Å². The van der Waals surface area contributed by atoms with E-state index in [9.17, 15) is 14.8 Å². The molecule has 1 aromatic carbocycles. The van der Waals surface area contributed by atoms with E-state index in [1.54, 1.807) is 24.9 Å². The van der Waals surface area contributed by atoms with E-state index in [0.29, 0.717) is 12.7 Å². The lowest BCUT2D eigenvalue weighted by atomic mass is 10.1. The van der Waals surface area contributed by atoms with E-state index in [-0.39, 0.29) is 11.6 Å². The van der Waals surface area contributed by atoms with Gasteiger partial charge in [-0.05, 0) is 31.3 Å². The summed E-state index contributed by atoms with van der Waals surface area (Å²) in [5, 5.41) is 21.7. The lowest BCUT2D eigenvalue weighted by Gasteiger charge is -2.18. The van der Waals surface area contributed by atoms with Gasteiger partial charge in [-0.2, -0.15) is 0 Å². The Morgan fingerprint density at radius 3 is 2.74 bits per heavy atom. The first kappa shape index (κ1) is 16.1. The summed E-state index contributed by atoms with van der Waals surface area (Å²) < 4.78 is 0. The molecule has 0 bridgehead atoms. The van der Waals surface area contributed by atoms with Gasteiger partial charge in [0.05, 0.1) is 11.7 Å². The Labute approximate surface area is 114 Å². The number of carboxylic acids is 1. The second-order valence-electron chi connectivity index (χ2n) is 4.55. The Bertz CT molecular complexity index is 425. The number of benzene rings is 1. The van der Waals surface area contributed by atoms with Gasteiger partial charge in [-0.1, -0.05) is 12.1 Å². The van der Waals surface area contributed by atoms with Gasteiger partial charge in [-0.3, -0.25) is 0 Å². The number of hydrogen-bond acceptors (Lipinski definition) is 4. The highest BCUT2D eigenvalue weighted by molar-refractivity contribution is 7.50. The molecule has 0 aliphatic heterocycles. The highest BCUT2D eigenvalue weighted by atomic mass is 31.1. The molecule has 0 saturated carbocycles. The maximum Gasteiger partial charge on any atom is 0.335 e. The zero-order chi connectivity index (χ0) is 14.4. The predicted molar refractivity (Wildman–Crippen MR) is 75.8 cm³/mol. The van der Waals surface area contributed by atoms with Gasteiger partial charge in [0, 0.05) is 26.9 Å². The molecule has 0 radical (unpaired) electrons. The molecule has 6 heteroatoms. The molecule has 0 aromatic heterocycles. The van der Waals surface area contributed by atoms with Crippen molar-refractivity contribution in [3.63, 3.8) is 0 Å². The summed E-state index contributed by atoms with van der Waals surface area (Å²) in [7, 11) is -1.11. The van der Waals surface area contributed by atoms with Crippen molar-refractivity contribution >= 4 is 14.1 Å². The fourth-order valence-electron chi connectivity index (χ4n) is 1.74. The molecule has 19 heavy (non-hydrogen) atoms. The number of carboxylic acid groups (broad SMARTS) is 1. The molecular formula is C13H20NO4P. The molecule has 0 aliphatic rings. The largest absolute Gasteiger partial charge is 0.478 e. The summed E-state index contributed by atoms with van der Waals surface area (Å²) in [4.78, 5) is 20.1. The van der Waals surface area contributed by atoms with E-state index in [1.165, 1.54) is 0 Å². The van der Waals surface area contributed by atoms with Crippen molar-refractivity contribution in [1.82, 2.24) is 5.32 Å². The zero-order valence-corrected chi connectivity index (χ0v) is 12.0. The van der Waals surface area contributed by atoms with Gasteiger partial charge in [-0.15, -0.1) is 0 Å². The molecule has 4 N–H and O–H groups in total. The number of aliphatic hydroxyl groups excluding tert-OH is 1. The van der Waals surface area contributed by atoms with Crippen LogP contribution in [0.25, 0.3) is 0 Å². The van der Waals surface area contributed by atoms with Gasteiger partial charge in [0.25, 0.3) is 0 Å². The summed E-state index contributed by atoms with van der Waals surface area (Å²) in [6, 6.07) is 6.65. The minimum Gasteiger partial charge on any atom is -0.478 e. The van der Waals surface area contributed by atoms with Crippen LogP contribution in [0.15, 0.2) is 24.3 Å². The van der Waals surface area contributed by atoms with E-state index in [2.05, 4.69) is 5.32 Å². The van der Waals surface area contributed by atoms with E-state index in [4.69, 9.17) is 5.11 Å². The van der Waals surface area contributed by atoms with Crippen LogP contribution in [0.4, 0.5) is 0 Å². The van der Waals surface area contributed by atoms with Crippen LogP contribution in [0.5, 0.6) is 0 Å². The summed E-state index contributed by atoms with van der Waals surface area (Å²) in [6.45, 7) is 3.96. The number of carbonyl (C=O) groups is 1. The minimum absolute atomic E-state index is 0.0595. The van der Waals surface area contributed by atoms with Gasteiger partial charge >= 0.3 is 5.97 Å². The first-order chi connectivity index (χ1) is 8.90. The number of aliphatic hydroxyl groups is 1. The number of hydrogen-bond donors (Lipinski definition) is 4. The Hall–Kier alpha value is -1.00. The molecule has 0 fully saturated rings. The third kappa shape index (κ3) is 5.66. The van der Waals surface area contributed by atoms with Gasteiger partial charge < -0.3 is 20.4 Å². The lowest BCUT2D eigenvalue weighted by Crippen LogP contribution is -2.30. The van der Waals surface area contributed by atoms with Gasteiger partial charge in [0.2, 0.25) is 0 Å². The molecule has 1 aromatic rings. The fourth-order valence-corrected chi connectivity index (χ4v) is 2.48. The van der Waals surface area contributed by atoms with Crippen LogP contribution in [-0.4, -0.2) is 46.6 Å². The quantitative estimate of drug-likeness (QED) is 0.569. The minimum atomic E-state index is -1.11. The van der Waals surface area contributed by atoms with Crippen LogP contribution >= 0.6 is 8.15 Å². The highest BCUT2D eigenvalue weighted by Gasteiger charge is 2.12. The van der Waals surface area contributed by atoms with Crippen molar-refractivity contribution in [3.05, 3.63) is 35.4 Å². The molecular weight excluding hydrogens is 265 g/mol. The molecule has 5 nitrogen and oxygen atoms in total. The molecule has 106 valence electrons. The zero-order valence-electron chi connectivity index (χ0n) is 11.1. The average molecular weight is 285 g/mol. The second-order valence-corrected chi connectivity index (χ2v) is 6.24. The normalized spacial score (nSPS) is 15.8. The smallest absolute Gasteiger partial charge is 0.335 e. The van der Waals surface area contributed by atoms with Gasteiger partial charge in [-0.25, -0.2) is 4.79 Å². The molecule has 1 rings (SSSR count). The molecule has 0 saturated heterocycles. The monoisotopic (exact) mass is 285 g/mol. The third-order valence-corrected chi connectivity index (χ3v) is 3.72. The van der Waals surface area contributed by atoms with Crippen molar-refractivity contribution in [3.8, 4) is 0 Å². The first-order valence-corrected chi connectivity index (χ1v) is 7.97. The second kappa shape index (κ2) is 7.56. The molecule has 3 unspecified atom stereocenters. The van der Waals surface area contributed by atoms with Crippen molar-refractivity contribution in [1.29, 1.82) is 0 Å². The lowest BCUT2D eigenvalue weighted by molar-refractivity contribution is 0.0696. The maximum atomic E-state index is 10.9. The van der Waals surface area contributed by atoms with Crippen molar-refractivity contribution < 1.29 is 19.9 Å². The molecule has 0 heterocycles. The van der Waals surface area contributed by atoms with Crippen molar-refractivity contribution in [2.45, 2.75) is 19.1 Å². The summed E-state index contributed by atoms with van der Waals surface area (Å²) in [5.74, 6) is -0.953. The number of nitrogens with one attached hydrogen (secondary N) is 1. The average Bonchev–Trinajstić information content (AvgIpc) is 2.35. The Morgan fingerprint density at radius 1 is 1.47 bits per heavy atom. The van der Waals surface area contributed by atoms with Gasteiger partial charge in [0.15, 0.2) is 0 Å². The third-order valence-electron chi connectivity index (χ3n) is 2.77. The van der Waals surface area contributed by atoms with E-state index in [0.717, 1.165) is 5.56 Å². The highest BCUT2D eigenvalue weighted by Crippen LogP contribution is 2.24. The Morgan fingerprint density at radius 2 is 2.16 bits per heavy atom. The van der Waals surface area contributed by atoms with Crippen LogP contribution < -0.4 is 5.32 Å². The molecule has 0 amide bonds. The number of aromatic carboxylic acids is 1. The van der Waals surface area contributed by atoms with E-state index < -0.39 is 20.2 Å². The SMILES string of the molecule is CC(NCC(O)CP(C)O)c1cccc(C(=O)O)c1. The maximum absolute atomic E-state index is 10.9. The van der Waals surface area contributed by atoms with E-state index in [1.807, 2.05) is 13.0 Å². The molecule has 0 spiro atoms. The Kier molecular flexibility index (Phi) is 6.38. The van der Waals surface area contributed by atoms with Gasteiger partial charge in [0.1, 0.15) is 0 Å². The summed E-state index contributed by atoms with van der Waals surface area (Å²) >= 11 is 0. The number of rotatable bonds is 7. The van der Waals surface area contributed by atoms with Crippen LogP contribution in [0.2, 0.25) is 0 Å². The van der Waals surface area contributed by atoms with Crippen LogP contribution in [0.1, 0.15) is 28.9 Å². The topological polar surface area (TPSA) is 89.8 Å². The van der Waals surface area contributed by atoms with Crippen LogP contribution in [0, 0.1) is 0 Å². The summed E-state index contributed by atoms with van der Waals surface area (Å²) in [5.41, 5.74) is 1.11. The van der Waals surface area contributed by atoms with E-state index >= 15 is 0 Å². The van der Waals surface area contributed by atoms with Crippen LogP contribution in [-0.2, 0) is 0 Å². The fraction of sp³-hybridized carbons (Fsp3) is 0.462. The molecule has 3 atom stereocenters. The Balaban J connectivity index is 2.56. The molecule has 0 aliphatic carbocycles.